The first kappa shape index (κ1) is 17.8. The summed E-state index contributed by atoms with van der Waals surface area (Å²) in [5.41, 5.74) is 2.02. The van der Waals surface area contributed by atoms with Crippen molar-refractivity contribution in [3.05, 3.63) is 54.1 Å². The molecular weight excluding hydrogens is 328 g/mol. The molecule has 0 aromatic heterocycles. The van der Waals surface area contributed by atoms with Crippen molar-refractivity contribution in [2.45, 2.75) is 6.42 Å². The minimum Gasteiger partial charge on any atom is -0.497 e. The lowest BCUT2D eigenvalue weighted by atomic mass is 10.1. The fourth-order valence-electron chi connectivity index (χ4n) is 2.08. The molecule has 0 bridgehead atoms. The molecule has 0 unspecified atom stereocenters. The van der Waals surface area contributed by atoms with Crippen LogP contribution in [-0.4, -0.2) is 34.7 Å². The molecule has 0 aliphatic heterocycles. The van der Waals surface area contributed by atoms with Crippen LogP contribution < -0.4 is 14.4 Å². The van der Waals surface area contributed by atoms with Gasteiger partial charge in [0.2, 0.25) is 15.9 Å². The van der Waals surface area contributed by atoms with E-state index in [1.807, 2.05) is 12.1 Å². The summed E-state index contributed by atoms with van der Waals surface area (Å²) in [6.07, 6.45) is 1.38. The highest BCUT2D eigenvalue weighted by Gasteiger charge is 2.12. The van der Waals surface area contributed by atoms with E-state index in [9.17, 15) is 13.2 Å². The fraction of sp³-hybridized carbons (Fsp3) is 0.235. The molecule has 2 aromatic rings. The summed E-state index contributed by atoms with van der Waals surface area (Å²) < 4.78 is 29.2. The maximum Gasteiger partial charge on any atom is 0.231 e. The number of carbonyl (C=O) groups excluding carboxylic acids is 1. The first-order chi connectivity index (χ1) is 11.3. The minimum atomic E-state index is -3.30. The van der Waals surface area contributed by atoms with E-state index >= 15 is 0 Å². The number of hydrogen-bond acceptors (Lipinski definition) is 4. The molecule has 0 aliphatic rings. The number of rotatable bonds is 6. The van der Waals surface area contributed by atoms with Crippen LogP contribution >= 0.6 is 0 Å². The van der Waals surface area contributed by atoms with Gasteiger partial charge in [0.15, 0.2) is 0 Å². The van der Waals surface area contributed by atoms with Crippen molar-refractivity contribution in [3.63, 3.8) is 0 Å². The minimum absolute atomic E-state index is 0.149. The van der Waals surface area contributed by atoms with Gasteiger partial charge in [0.1, 0.15) is 5.75 Å². The highest BCUT2D eigenvalue weighted by atomic mass is 32.2. The van der Waals surface area contributed by atoms with Crippen molar-refractivity contribution < 1.29 is 17.9 Å². The van der Waals surface area contributed by atoms with Crippen molar-refractivity contribution in [3.8, 4) is 5.75 Å². The average Bonchev–Trinajstić information content (AvgIpc) is 2.54. The first-order valence-corrected chi connectivity index (χ1v) is 9.11. The molecular formula is C17H20N2O4S. The van der Waals surface area contributed by atoms with Gasteiger partial charge in [-0.3, -0.25) is 9.10 Å². The van der Waals surface area contributed by atoms with Crippen LogP contribution in [0.3, 0.4) is 0 Å². The summed E-state index contributed by atoms with van der Waals surface area (Å²) in [6.45, 7) is 0. The monoisotopic (exact) mass is 348 g/mol. The van der Waals surface area contributed by atoms with Crippen LogP contribution in [0.15, 0.2) is 48.5 Å². The molecule has 6 nitrogen and oxygen atoms in total. The van der Waals surface area contributed by atoms with Gasteiger partial charge in [0.05, 0.1) is 25.5 Å². The van der Waals surface area contributed by atoms with Gasteiger partial charge >= 0.3 is 0 Å². The molecule has 1 amide bonds. The molecule has 128 valence electrons. The third-order valence-electron chi connectivity index (χ3n) is 3.54. The zero-order valence-corrected chi connectivity index (χ0v) is 14.6. The van der Waals surface area contributed by atoms with Crippen molar-refractivity contribution in [1.29, 1.82) is 0 Å². The second-order valence-corrected chi connectivity index (χ2v) is 7.36. The van der Waals surface area contributed by atoms with Crippen LogP contribution in [0.4, 0.5) is 11.4 Å². The van der Waals surface area contributed by atoms with E-state index in [1.165, 1.54) is 11.4 Å². The maximum absolute atomic E-state index is 12.1. The lowest BCUT2D eigenvalue weighted by molar-refractivity contribution is -0.115. The van der Waals surface area contributed by atoms with Crippen LogP contribution in [0, 0.1) is 0 Å². The molecule has 0 fully saturated rings. The number of benzene rings is 2. The van der Waals surface area contributed by atoms with Crippen molar-refractivity contribution in [2.24, 2.45) is 0 Å². The first-order valence-electron chi connectivity index (χ1n) is 7.26. The van der Waals surface area contributed by atoms with Gasteiger partial charge < -0.3 is 10.1 Å². The number of ether oxygens (including phenoxy) is 1. The Morgan fingerprint density at radius 1 is 1.08 bits per heavy atom. The Labute approximate surface area is 142 Å². The largest absolute Gasteiger partial charge is 0.497 e. The van der Waals surface area contributed by atoms with E-state index in [1.54, 1.807) is 43.5 Å². The van der Waals surface area contributed by atoms with Crippen LogP contribution in [0.1, 0.15) is 5.56 Å². The van der Waals surface area contributed by atoms with Gasteiger partial charge in [-0.25, -0.2) is 8.42 Å². The Balaban J connectivity index is 1.98. The standard InChI is InChI=1S/C17H20N2O4S/c1-19(24(3,21)22)15-8-6-14(7-9-15)18-17(20)12-13-4-10-16(23-2)11-5-13/h4-11H,12H2,1-3H3,(H,18,20). The highest BCUT2D eigenvalue weighted by molar-refractivity contribution is 7.92. The van der Waals surface area contributed by atoms with E-state index in [-0.39, 0.29) is 12.3 Å². The molecule has 2 rings (SSSR count). The molecule has 0 aliphatic carbocycles. The molecule has 0 saturated heterocycles. The molecule has 0 heterocycles. The third-order valence-corrected chi connectivity index (χ3v) is 4.74. The Morgan fingerprint density at radius 2 is 1.67 bits per heavy atom. The molecule has 0 atom stereocenters. The van der Waals surface area contributed by atoms with E-state index in [0.717, 1.165) is 17.6 Å². The highest BCUT2D eigenvalue weighted by Crippen LogP contribution is 2.19. The Kier molecular flexibility index (Phi) is 5.46. The van der Waals surface area contributed by atoms with Gasteiger partial charge in [0.25, 0.3) is 0 Å². The molecule has 0 spiro atoms. The summed E-state index contributed by atoms with van der Waals surface area (Å²) in [5, 5.41) is 2.79. The van der Waals surface area contributed by atoms with Crippen LogP contribution in [-0.2, 0) is 21.2 Å². The summed E-state index contributed by atoms with van der Waals surface area (Å²) in [4.78, 5) is 12.1. The number of nitrogens with one attached hydrogen (secondary N) is 1. The topological polar surface area (TPSA) is 75.7 Å². The Hall–Kier alpha value is -2.54. The molecule has 24 heavy (non-hydrogen) atoms. The SMILES string of the molecule is COc1ccc(CC(=O)Nc2ccc(N(C)S(C)(=O)=O)cc2)cc1. The molecule has 0 radical (unpaired) electrons. The maximum atomic E-state index is 12.1. The van der Waals surface area contributed by atoms with Crippen LogP contribution in [0.2, 0.25) is 0 Å². The Morgan fingerprint density at radius 3 is 2.17 bits per heavy atom. The van der Waals surface area contributed by atoms with E-state index in [0.29, 0.717) is 11.4 Å². The molecule has 7 heteroatoms. The van der Waals surface area contributed by atoms with Crippen molar-refractivity contribution in [2.75, 3.05) is 30.0 Å². The second kappa shape index (κ2) is 7.35. The van der Waals surface area contributed by atoms with Gasteiger partial charge in [-0.2, -0.15) is 0 Å². The smallest absolute Gasteiger partial charge is 0.231 e. The third kappa shape index (κ3) is 4.73. The van der Waals surface area contributed by atoms with E-state index < -0.39 is 10.0 Å². The number of amides is 1. The second-order valence-electron chi connectivity index (χ2n) is 5.35. The zero-order chi connectivity index (χ0) is 17.7. The normalized spacial score (nSPS) is 11.0. The lowest BCUT2D eigenvalue weighted by Crippen LogP contribution is -2.24. The van der Waals surface area contributed by atoms with E-state index in [2.05, 4.69) is 5.32 Å². The number of carbonyl (C=O) groups is 1. The molecule has 2 aromatic carbocycles. The number of nitrogens with zero attached hydrogens (tertiary/aromatic N) is 1. The van der Waals surface area contributed by atoms with Gasteiger partial charge in [-0.05, 0) is 42.0 Å². The van der Waals surface area contributed by atoms with Crippen molar-refractivity contribution in [1.82, 2.24) is 0 Å². The number of sulfonamides is 1. The number of methoxy groups -OCH3 is 1. The van der Waals surface area contributed by atoms with Crippen molar-refractivity contribution >= 4 is 27.3 Å². The number of anilines is 2. The quantitative estimate of drug-likeness (QED) is 0.869. The summed E-state index contributed by atoms with van der Waals surface area (Å²) in [7, 11) is -0.234. The fourth-order valence-corrected chi connectivity index (χ4v) is 2.58. The summed E-state index contributed by atoms with van der Waals surface area (Å²) >= 11 is 0. The number of hydrogen-bond donors (Lipinski definition) is 1. The van der Waals surface area contributed by atoms with Gasteiger partial charge in [0, 0.05) is 12.7 Å². The molecule has 0 saturated carbocycles. The van der Waals surface area contributed by atoms with E-state index in [4.69, 9.17) is 4.74 Å². The molecule has 1 N–H and O–H groups in total. The Bertz CT molecular complexity index is 799. The lowest BCUT2D eigenvalue weighted by Gasteiger charge is -2.16. The zero-order valence-electron chi connectivity index (χ0n) is 13.8. The van der Waals surface area contributed by atoms with Crippen LogP contribution in [0.25, 0.3) is 0 Å². The van der Waals surface area contributed by atoms with Crippen LogP contribution in [0.5, 0.6) is 5.75 Å². The predicted molar refractivity (Wildman–Crippen MR) is 95.0 cm³/mol. The predicted octanol–water partition coefficient (Wildman–Crippen LogP) is 2.27. The summed E-state index contributed by atoms with van der Waals surface area (Å²) in [6, 6.07) is 13.9. The van der Waals surface area contributed by atoms with Gasteiger partial charge in [-0.15, -0.1) is 0 Å². The van der Waals surface area contributed by atoms with Gasteiger partial charge in [-0.1, -0.05) is 12.1 Å². The summed E-state index contributed by atoms with van der Waals surface area (Å²) in [5.74, 6) is 0.592. The average molecular weight is 348 g/mol.